The Kier molecular flexibility index (Phi) is 9.35. The molecule has 3 aliphatic carbocycles. The molecule has 5 aromatic rings. The van der Waals surface area contributed by atoms with Gasteiger partial charge in [-0.2, -0.15) is 5.10 Å². The lowest BCUT2D eigenvalue weighted by atomic mass is 9.84. The van der Waals surface area contributed by atoms with Gasteiger partial charge < -0.3 is 24.1 Å². The number of likely N-dealkylation sites (tertiary alicyclic amines) is 1. The summed E-state index contributed by atoms with van der Waals surface area (Å²) in [4.78, 5) is 55.3. The standard InChI is InChI=1S/C44H50N8O5/c53-41-18-24-51(44(56)46-41)39-5-1-4-38-34(39)17-23-49(38)31-15-21-48(22-16-31)20-14-28-6-8-32(9-7-28)52-27-29-25-35(40(26-37(29)47-52)57-33-12-13-33)42(54)45-36-3-2-19-50(43(36)55)30-10-11-30/h1-5,17,19,23,25-28,30-33H,6-16,18,20-22,24H2,(H,45,54)(H,46,53,56). The summed E-state index contributed by atoms with van der Waals surface area (Å²) in [6.45, 7) is 3.67. The van der Waals surface area contributed by atoms with E-state index in [1.54, 1.807) is 21.7 Å². The number of pyridine rings is 1. The number of nitrogens with zero attached hydrogens (tertiary/aromatic N) is 6. The Morgan fingerprint density at radius 3 is 2.39 bits per heavy atom. The first kappa shape index (κ1) is 35.9. The smallest absolute Gasteiger partial charge is 0.328 e. The third-order valence-corrected chi connectivity index (χ3v) is 12.9. The summed E-state index contributed by atoms with van der Waals surface area (Å²) >= 11 is 0. The second-order valence-electron chi connectivity index (χ2n) is 16.9. The van der Waals surface area contributed by atoms with Crippen LogP contribution in [0.5, 0.6) is 5.75 Å². The highest BCUT2D eigenvalue weighted by Crippen LogP contribution is 2.38. The normalized spacial score (nSPS) is 22.3. The van der Waals surface area contributed by atoms with Crippen molar-refractivity contribution in [1.82, 2.24) is 29.1 Å². The molecule has 0 bridgehead atoms. The van der Waals surface area contributed by atoms with Crippen molar-refractivity contribution in [3.8, 4) is 5.75 Å². The van der Waals surface area contributed by atoms with Crippen LogP contribution < -0.4 is 25.8 Å². The Morgan fingerprint density at radius 2 is 1.61 bits per heavy atom. The molecule has 13 nitrogen and oxygen atoms in total. The average molecular weight is 771 g/mol. The molecule has 5 heterocycles. The molecule has 13 heteroatoms. The Balaban J connectivity index is 0.738. The van der Waals surface area contributed by atoms with Crippen molar-refractivity contribution < 1.29 is 19.1 Å². The lowest BCUT2D eigenvalue weighted by Gasteiger charge is -2.35. The Hall–Kier alpha value is -5.43. The zero-order valence-corrected chi connectivity index (χ0v) is 32.3. The molecule has 296 valence electrons. The van der Waals surface area contributed by atoms with E-state index in [2.05, 4.69) is 49.3 Å². The summed E-state index contributed by atoms with van der Waals surface area (Å²) in [5.74, 6) is 0.670. The molecule has 0 unspecified atom stereocenters. The number of ether oxygens (including phenoxy) is 1. The van der Waals surface area contributed by atoms with E-state index < -0.39 is 0 Å². The van der Waals surface area contributed by atoms with Crippen LogP contribution in [0.4, 0.5) is 16.2 Å². The van der Waals surface area contributed by atoms with Crippen LogP contribution in [0.1, 0.15) is 106 Å². The van der Waals surface area contributed by atoms with Gasteiger partial charge in [-0.3, -0.25) is 29.3 Å². The zero-order valence-electron chi connectivity index (χ0n) is 32.3. The lowest BCUT2D eigenvalue weighted by Crippen LogP contribution is -2.49. The van der Waals surface area contributed by atoms with Crippen LogP contribution in [-0.4, -0.2) is 73.9 Å². The van der Waals surface area contributed by atoms with Gasteiger partial charge in [0.25, 0.3) is 11.5 Å². The Bertz CT molecular complexity index is 2410. The molecule has 0 atom stereocenters. The third-order valence-electron chi connectivity index (χ3n) is 12.9. The molecule has 0 radical (unpaired) electrons. The zero-order chi connectivity index (χ0) is 38.6. The van der Waals surface area contributed by atoms with E-state index in [1.807, 2.05) is 30.3 Å². The molecule has 2 aliphatic heterocycles. The van der Waals surface area contributed by atoms with E-state index in [0.29, 0.717) is 42.3 Å². The summed E-state index contributed by atoms with van der Waals surface area (Å²) in [7, 11) is 0. The molecule has 3 aromatic heterocycles. The van der Waals surface area contributed by atoms with Gasteiger partial charge in [-0.1, -0.05) is 6.07 Å². The molecule has 2 aromatic carbocycles. The van der Waals surface area contributed by atoms with E-state index in [9.17, 15) is 19.2 Å². The molecule has 3 saturated carbocycles. The minimum Gasteiger partial charge on any atom is -0.490 e. The lowest BCUT2D eigenvalue weighted by molar-refractivity contribution is -0.120. The maximum Gasteiger partial charge on any atom is 0.328 e. The number of benzene rings is 2. The van der Waals surface area contributed by atoms with Gasteiger partial charge in [-0.05, 0) is 119 Å². The van der Waals surface area contributed by atoms with Crippen LogP contribution in [0.3, 0.4) is 0 Å². The first-order valence-corrected chi connectivity index (χ1v) is 21.0. The second kappa shape index (κ2) is 14.8. The molecular formula is C44H50N8O5. The Morgan fingerprint density at radius 1 is 0.825 bits per heavy atom. The molecule has 57 heavy (non-hydrogen) atoms. The van der Waals surface area contributed by atoms with E-state index in [0.717, 1.165) is 98.5 Å². The monoisotopic (exact) mass is 770 g/mol. The number of nitrogens with one attached hydrogen (secondary N) is 2. The van der Waals surface area contributed by atoms with Crippen molar-refractivity contribution in [1.29, 1.82) is 0 Å². The van der Waals surface area contributed by atoms with Gasteiger partial charge in [0.1, 0.15) is 11.4 Å². The molecule has 5 aliphatic rings. The number of carbonyl (C=O) groups excluding carboxylic acids is 3. The molecule has 5 fully saturated rings. The van der Waals surface area contributed by atoms with Crippen molar-refractivity contribution in [2.24, 2.45) is 5.92 Å². The highest BCUT2D eigenvalue weighted by Gasteiger charge is 2.31. The number of imide groups is 1. The predicted molar refractivity (Wildman–Crippen MR) is 218 cm³/mol. The fourth-order valence-corrected chi connectivity index (χ4v) is 9.34. The second-order valence-corrected chi connectivity index (χ2v) is 16.9. The third kappa shape index (κ3) is 7.33. The predicted octanol–water partition coefficient (Wildman–Crippen LogP) is 7.19. The van der Waals surface area contributed by atoms with E-state index >= 15 is 0 Å². The Labute approximate surface area is 330 Å². The highest BCUT2D eigenvalue weighted by atomic mass is 16.5. The minimum atomic E-state index is -0.347. The van der Waals surface area contributed by atoms with Crippen LogP contribution in [0.25, 0.3) is 21.8 Å². The summed E-state index contributed by atoms with van der Waals surface area (Å²) in [6, 6.07) is 16.1. The molecule has 2 saturated heterocycles. The van der Waals surface area contributed by atoms with Crippen LogP contribution in [0.2, 0.25) is 0 Å². The van der Waals surface area contributed by atoms with Crippen LogP contribution >= 0.6 is 0 Å². The molecule has 2 N–H and O–H groups in total. The van der Waals surface area contributed by atoms with E-state index in [1.165, 1.54) is 19.3 Å². The number of carbonyl (C=O) groups is 3. The van der Waals surface area contributed by atoms with Crippen molar-refractivity contribution in [3.63, 3.8) is 0 Å². The topological polar surface area (TPSA) is 136 Å². The SMILES string of the molecule is O=C1CCN(c2cccc3c2ccn3C2CCN(CCC3CCC(n4cc5cc(C(=O)Nc6cccn(C7CC7)c6=O)c(OC6CC6)cc5n4)CC3)CC2)C(=O)N1. The van der Waals surface area contributed by atoms with Crippen molar-refractivity contribution in [3.05, 3.63) is 83.0 Å². The van der Waals surface area contributed by atoms with Crippen LogP contribution in [-0.2, 0) is 4.79 Å². The van der Waals surface area contributed by atoms with Crippen molar-refractivity contribution in [2.45, 2.75) is 101 Å². The molecular weight excluding hydrogens is 721 g/mol. The van der Waals surface area contributed by atoms with Crippen LogP contribution in [0.15, 0.2) is 71.9 Å². The van der Waals surface area contributed by atoms with Gasteiger partial charge in [0.05, 0.1) is 34.4 Å². The number of hydrogen-bond donors (Lipinski definition) is 2. The number of fused-ring (bicyclic) bond motifs is 2. The highest BCUT2D eigenvalue weighted by molar-refractivity contribution is 6.10. The van der Waals surface area contributed by atoms with Gasteiger partial charge in [0.2, 0.25) is 5.91 Å². The summed E-state index contributed by atoms with van der Waals surface area (Å²) in [6.07, 6.45) is 18.3. The number of urea groups is 1. The number of piperidine rings is 1. The van der Waals surface area contributed by atoms with Crippen LogP contribution in [0, 0.1) is 5.92 Å². The van der Waals surface area contributed by atoms with E-state index in [-0.39, 0.29) is 41.2 Å². The minimum absolute atomic E-state index is 0.113. The van der Waals surface area contributed by atoms with Gasteiger partial charge in [-0.25, -0.2) is 4.79 Å². The number of amides is 4. The van der Waals surface area contributed by atoms with Gasteiger partial charge in [0, 0.05) is 73.6 Å². The fourth-order valence-electron chi connectivity index (χ4n) is 9.34. The number of hydrogen-bond acceptors (Lipinski definition) is 7. The fraction of sp³-hybridized carbons (Fsp3) is 0.477. The largest absolute Gasteiger partial charge is 0.490 e. The number of aromatic nitrogens is 4. The maximum atomic E-state index is 13.7. The van der Waals surface area contributed by atoms with Gasteiger partial charge >= 0.3 is 6.03 Å². The number of rotatable bonds is 11. The summed E-state index contributed by atoms with van der Waals surface area (Å²) in [5, 5.41) is 12.3. The summed E-state index contributed by atoms with van der Waals surface area (Å²) < 4.78 is 12.4. The van der Waals surface area contributed by atoms with Gasteiger partial charge in [-0.15, -0.1) is 0 Å². The first-order chi connectivity index (χ1) is 27.8. The maximum absolute atomic E-state index is 13.7. The molecule has 0 spiro atoms. The number of anilines is 2. The van der Waals surface area contributed by atoms with E-state index in [4.69, 9.17) is 9.84 Å². The summed E-state index contributed by atoms with van der Waals surface area (Å²) in [5.41, 5.74) is 3.37. The van der Waals surface area contributed by atoms with Gasteiger partial charge in [0.15, 0.2) is 0 Å². The quantitative estimate of drug-likeness (QED) is 0.145. The average Bonchev–Trinajstić information content (AvgIpc) is 4.15. The molecule has 10 rings (SSSR count). The van der Waals surface area contributed by atoms with Crippen molar-refractivity contribution >= 4 is 51.0 Å². The first-order valence-electron chi connectivity index (χ1n) is 21.0. The molecule has 4 amide bonds. The van der Waals surface area contributed by atoms with Crippen molar-refractivity contribution in [2.75, 3.05) is 36.4 Å².